The Labute approximate surface area is 188 Å². The minimum Gasteiger partial charge on any atom is -0.505 e. The predicted molar refractivity (Wildman–Crippen MR) is 117 cm³/mol. The number of esters is 2. The molecule has 32 heavy (non-hydrogen) atoms. The van der Waals surface area contributed by atoms with Crippen LogP contribution in [0.15, 0.2) is 43.0 Å². The van der Waals surface area contributed by atoms with Crippen LogP contribution in [-0.4, -0.2) is 56.5 Å². The van der Waals surface area contributed by atoms with Crippen molar-refractivity contribution in [3.05, 3.63) is 59.1 Å². The third-order valence-electron chi connectivity index (χ3n) is 4.54. The zero-order chi connectivity index (χ0) is 23.3. The van der Waals surface area contributed by atoms with Gasteiger partial charge in [-0.25, -0.2) is 4.79 Å². The Balaban J connectivity index is 1.63. The van der Waals surface area contributed by atoms with Crippen molar-refractivity contribution in [2.75, 3.05) is 13.2 Å². The molecule has 1 heterocycles. The van der Waals surface area contributed by atoms with Crippen LogP contribution in [0.4, 0.5) is 0 Å². The number of aromatic hydroxyl groups is 1. The fourth-order valence-electron chi connectivity index (χ4n) is 2.92. The van der Waals surface area contributed by atoms with Crippen molar-refractivity contribution in [2.24, 2.45) is 0 Å². The van der Waals surface area contributed by atoms with Gasteiger partial charge in [0.15, 0.2) is 0 Å². The molecule has 1 aromatic heterocycles. The van der Waals surface area contributed by atoms with Gasteiger partial charge in [-0.15, -0.1) is 15.0 Å². The Kier molecular flexibility index (Phi) is 7.45. The van der Waals surface area contributed by atoms with Crippen molar-refractivity contribution in [1.29, 1.82) is 0 Å². The van der Waals surface area contributed by atoms with Gasteiger partial charge in [0.2, 0.25) is 0 Å². The molecule has 0 aliphatic carbocycles. The summed E-state index contributed by atoms with van der Waals surface area (Å²) < 4.78 is 9.69. The Hall–Kier alpha value is -3.43. The van der Waals surface area contributed by atoms with Gasteiger partial charge in [0, 0.05) is 17.5 Å². The van der Waals surface area contributed by atoms with Crippen LogP contribution in [0, 0.1) is 6.92 Å². The fourth-order valence-corrected chi connectivity index (χ4v) is 3.09. The van der Waals surface area contributed by atoms with E-state index in [0.29, 0.717) is 33.7 Å². The van der Waals surface area contributed by atoms with E-state index < -0.39 is 18.0 Å². The highest BCUT2D eigenvalue weighted by Gasteiger charge is 2.15. The number of hydrogen-bond acceptors (Lipinski definition) is 8. The normalized spacial score (nSPS) is 11.8. The molecule has 1 atom stereocenters. The van der Waals surface area contributed by atoms with Crippen molar-refractivity contribution in [1.82, 2.24) is 15.0 Å². The fraction of sp³-hybridized carbons (Fsp3) is 0.273. The lowest BCUT2D eigenvalue weighted by Gasteiger charge is -2.12. The van der Waals surface area contributed by atoms with E-state index in [4.69, 9.17) is 16.3 Å². The minimum atomic E-state index is -1.13. The second-order valence-corrected chi connectivity index (χ2v) is 7.51. The first-order valence-corrected chi connectivity index (χ1v) is 10.1. The van der Waals surface area contributed by atoms with E-state index in [0.717, 1.165) is 11.6 Å². The number of aromatic nitrogens is 3. The number of aliphatic hydroxyl groups is 1. The second-order valence-electron chi connectivity index (χ2n) is 7.07. The van der Waals surface area contributed by atoms with Gasteiger partial charge in [-0.3, -0.25) is 4.79 Å². The molecule has 168 valence electrons. The summed E-state index contributed by atoms with van der Waals surface area (Å²) in [5, 5.41) is 29.5. The van der Waals surface area contributed by atoms with Gasteiger partial charge >= 0.3 is 11.9 Å². The van der Waals surface area contributed by atoms with Crippen LogP contribution in [0.1, 0.15) is 17.5 Å². The molecule has 0 saturated heterocycles. The van der Waals surface area contributed by atoms with E-state index >= 15 is 0 Å². The predicted octanol–water partition coefficient (Wildman–Crippen LogP) is 2.65. The second kappa shape index (κ2) is 10.3. The molecule has 3 aromatic rings. The summed E-state index contributed by atoms with van der Waals surface area (Å²) >= 11 is 6.00. The average Bonchev–Trinajstić information content (AvgIpc) is 3.19. The number of aliphatic hydroxyl groups excluding tert-OH is 1. The lowest BCUT2D eigenvalue weighted by molar-refractivity contribution is -0.150. The third-order valence-corrected chi connectivity index (χ3v) is 4.77. The molecular weight excluding hydrogens is 438 g/mol. The molecule has 1 unspecified atom stereocenters. The van der Waals surface area contributed by atoms with Crippen LogP contribution in [0.25, 0.3) is 16.7 Å². The number of phenolic OH excluding ortho intramolecular Hbond substituents is 1. The topological polar surface area (TPSA) is 124 Å². The van der Waals surface area contributed by atoms with Crippen molar-refractivity contribution in [2.45, 2.75) is 25.9 Å². The molecule has 0 radical (unpaired) electrons. The highest BCUT2D eigenvalue weighted by Crippen LogP contribution is 2.28. The van der Waals surface area contributed by atoms with Gasteiger partial charge in [-0.1, -0.05) is 24.2 Å². The maximum atomic E-state index is 12.0. The molecule has 0 amide bonds. The van der Waals surface area contributed by atoms with Gasteiger partial charge in [0.05, 0.1) is 0 Å². The quantitative estimate of drug-likeness (QED) is 0.369. The number of halogens is 1. The van der Waals surface area contributed by atoms with E-state index in [1.807, 2.05) is 0 Å². The van der Waals surface area contributed by atoms with E-state index in [2.05, 4.69) is 21.5 Å². The number of phenols is 1. The van der Waals surface area contributed by atoms with Crippen LogP contribution in [0.3, 0.4) is 0 Å². The third kappa shape index (κ3) is 5.83. The summed E-state index contributed by atoms with van der Waals surface area (Å²) in [4.78, 5) is 24.3. The number of aryl methyl sites for hydroxylation is 2. The zero-order valence-electron chi connectivity index (χ0n) is 17.3. The molecule has 0 fully saturated rings. The van der Waals surface area contributed by atoms with Crippen molar-refractivity contribution in [3.8, 4) is 11.4 Å². The van der Waals surface area contributed by atoms with Crippen molar-refractivity contribution < 1.29 is 29.3 Å². The van der Waals surface area contributed by atoms with E-state index in [-0.39, 0.29) is 25.4 Å². The van der Waals surface area contributed by atoms with Gasteiger partial charge in [-0.2, -0.15) is 0 Å². The number of rotatable bonds is 9. The minimum absolute atomic E-state index is 0.0277. The number of ether oxygens (including phenoxy) is 2. The first-order chi connectivity index (χ1) is 15.3. The van der Waals surface area contributed by atoms with Gasteiger partial charge in [0.1, 0.15) is 41.8 Å². The zero-order valence-corrected chi connectivity index (χ0v) is 18.1. The molecule has 2 aromatic carbocycles. The monoisotopic (exact) mass is 459 g/mol. The number of carbonyl (C=O) groups is 2. The summed E-state index contributed by atoms with van der Waals surface area (Å²) in [7, 11) is 0. The molecule has 2 N–H and O–H groups in total. The molecular formula is C22H22ClN3O6. The van der Waals surface area contributed by atoms with E-state index in [1.54, 1.807) is 37.3 Å². The van der Waals surface area contributed by atoms with Gasteiger partial charge < -0.3 is 19.7 Å². The summed E-state index contributed by atoms with van der Waals surface area (Å²) in [6, 6.07) is 8.57. The standard InChI is InChI=1S/C22H22ClN3O6/c1-3-20(28)31-11-16(27)12-32-21(29)7-4-14-8-13(2)22(30)19(9-14)26-24-17-6-5-15(23)10-18(17)25-26/h3,5-6,8-10,16,27,30H,1,4,7,11-12H2,2H3. The van der Waals surface area contributed by atoms with Crippen LogP contribution in [0.5, 0.6) is 5.75 Å². The highest BCUT2D eigenvalue weighted by atomic mass is 35.5. The maximum Gasteiger partial charge on any atom is 0.330 e. The molecule has 0 saturated carbocycles. The molecule has 0 bridgehead atoms. The first kappa shape index (κ1) is 23.2. The number of benzene rings is 2. The Morgan fingerprint density at radius 1 is 1.19 bits per heavy atom. The molecule has 10 heteroatoms. The molecule has 0 aliphatic rings. The van der Waals surface area contributed by atoms with E-state index in [9.17, 15) is 19.8 Å². The van der Waals surface area contributed by atoms with Crippen molar-refractivity contribution in [3.63, 3.8) is 0 Å². The molecule has 0 aliphatic heterocycles. The van der Waals surface area contributed by atoms with Crippen LogP contribution in [0.2, 0.25) is 5.02 Å². The lowest BCUT2D eigenvalue weighted by Crippen LogP contribution is -2.25. The van der Waals surface area contributed by atoms with E-state index in [1.165, 1.54) is 4.80 Å². The Morgan fingerprint density at radius 3 is 2.66 bits per heavy atom. The summed E-state index contributed by atoms with van der Waals surface area (Å²) in [6.45, 7) is 4.39. The average molecular weight is 460 g/mol. The smallest absolute Gasteiger partial charge is 0.330 e. The first-order valence-electron chi connectivity index (χ1n) is 9.75. The highest BCUT2D eigenvalue weighted by molar-refractivity contribution is 6.31. The maximum absolute atomic E-state index is 12.0. The summed E-state index contributed by atoms with van der Waals surface area (Å²) in [5.41, 5.74) is 2.95. The SMILES string of the molecule is C=CC(=O)OCC(O)COC(=O)CCc1cc(C)c(O)c(-n2nc3ccc(Cl)cc3n2)c1. The molecule has 0 spiro atoms. The van der Waals surface area contributed by atoms with Crippen molar-refractivity contribution >= 4 is 34.6 Å². The summed E-state index contributed by atoms with van der Waals surface area (Å²) in [5.74, 6) is -1.17. The Bertz CT molecular complexity index is 1160. The van der Waals surface area contributed by atoms with Gasteiger partial charge in [0.25, 0.3) is 0 Å². The number of fused-ring (bicyclic) bond motifs is 1. The molecule has 3 rings (SSSR count). The number of hydrogen-bond donors (Lipinski definition) is 2. The van der Waals surface area contributed by atoms with Gasteiger partial charge in [-0.05, 0) is 48.7 Å². The summed E-state index contributed by atoms with van der Waals surface area (Å²) in [6.07, 6.45) is 0.232. The number of carbonyl (C=O) groups excluding carboxylic acids is 2. The Morgan fingerprint density at radius 2 is 1.91 bits per heavy atom. The largest absolute Gasteiger partial charge is 0.505 e. The number of nitrogens with zero attached hydrogens (tertiary/aromatic N) is 3. The lowest BCUT2D eigenvalue weighted by atomic mass is 10.0. The molecule has 9 nitrogen and oxygen atoms in total. The van der Waals surface area contributed by atoms with Crippen LogP contribution < -0.4 is 0 Å². The van der Waals surface area contributed by atoms with Crippen LogP contribution >= 0.6 is 11.6 Å². The van der Waals surface area contributed by atoms with Crippen LogP contribution in [-0.2, 0) is 25.5 Å².